The van der Waals surface area contributed by atoms with Gasteiger partial charge in [-0.3, -0.25) is 9.69 Å². The zero-order chi connectivity index (χ0) is 17.1. The Kier molecular flexibility index (Phi) is 4.33. The molecule has 5 heteroatoms. The summed E-state index contributed by atoms with van der Waals surface area (Å²) in [5, 5.41) is 9.87. The molecule has 24 heavy (non-hydrogen) atoms. The maximum absolute atomic E-state index is 12.2. The quantitative estimate of drug-likeness (QED) is 0.936. The fourth-order valence-corrected chi connectivity index (χ4v) is 3.08. The molecule has 1 heterocycles. The van der Waals surface area contributed by atoms with Crippen molar-refractivity contribution < 1.29 is 19.4 Å². The van der Waals surface area contributed by atoms with Gasteiger partial charge in [-0.1, -0.05) is 54.6 Å². The second-order valence-electron chi connectivity index (χ2n) is 5.49. The van der Waals surface area contributed by atoms with E-state index < -0.39 is 24.0 Å². The normalized spacial score (nSPS) is 17.0. The van der Waals surface area contributed by atoms with Gasteiger partial charge in [0, 0.05) is 6.20 Å². The summed E-state index contributed by atoms with van der Waals surface area (Å²) < 4.78 is 4.84. The zero-order valence-corrected chi connectivity index (χ0v) is 13.1. The third kappa shape index (κ3) is 2.76. The summed E-state index contributed by atoms with van der Waals surface area (Å²) in [6, 6.07) is 15.7. The lowest BCUT2D eigenvalue weighted by Crippen LogP contribution is -2.38. The Labute approximate surface area is 139 Å². The summed E-state index contributed by atoms with van der Waals surface area (Å²) >= 11 is 0. The standard InChI is InChI=1S/C19H17NO4/c1-24-19(23)20-12-11-13-7-5-6-10-15(13)17(20)16(18(21)22)14-8-3-2-4-9-14/h2-12,16-17H,1H3,(H,21,22)/t16-,17-/m1/s1. The molecule has 5 nitrogen and oxygen atoms in total. The number of aliphatic carboxylic acids is 1. The van der Waals surface area contributed by atoms with Crippen molar-refractivity contribution in [3.05, 3.63) is 77.5 Å². The molecule has 2 atom stereocenters. The van der Waals surface area contributed by atoms with Crippen molar-refractivity contribution in [2.45, 2.75) is 12.0 Å². The second-order valence-corrected chi connectivity index (χ2v) is 5.49. The lowest BCUT2D eigenvalue weighted by Gasteiger charge is -2.36. The SMILES string of the molecule is COC(=O)N1C=Cc2ccccc2[C@@H]1[C@H](C(=O)O)c1ccccc1. The second kappa shape index (κ2) is 6.58. The van der Waals surface area contributed by atoms with Crippen LogP contribution in [0.3, 0.4) is 0 Å². The number of ether oxygens (including phenoxy) is 1. The van der Waals surface area contributed by atoms with Crippen LogP contribution in [0.25, 0.3) is 6.08 Å². The Morgan fingerprint density at radius 1 is 1.08 bits per heavy atom. The van der Waals surface area contributed by atoms with Crippen molar-refractivity contribution in [2.75, 3.05) is 7.11 Å². The van der Waals surface area contributed by atoms with Crippen LogP contribution in [0.1, 0.15) is 28.7 Å². The molecule has 0 aromatic heterocycles. The van der Waals surface area contributed by atoms with Gasteiger partial charge in [0.05, 0.1) is 13.2 Å². The molecule has 0 radical (unpaired) electrons. The van der Waals surface area contributed by atoms with Gasteiger partial charge in [-0.25, -0.2) is 4.79 Å². The Balaban J connectivity index is 2.16. The summed E-state index contributed by atoms with van der Waals surface area (Å²) in [5.74, 6) is -1.90. The monoisotopic (exact) mass is 323 g/mol. The van der Waals surface area contributed by atoms with Crippen LogP contribution in [0.4, 0.5) is 4.79 Å². The molecule has 2 aromatic carbocycles. The lowest BCUT2D eigenvalue weighted by atomic mass is 9.83. The van der Waals surface area contributed by atoms with E-state index in [4.69, 9.17) is 4.74 Å². The van der Waals surface area contributed by atoms with E-state index in [1.54, 1.807) is 36.5 Å². The number of carboxylic acid groups (broad SMARTS) is 1. The molecule has 0 bridgehead atoms. The zero-order valence-electron chi connectivity index (χ0n) is 13.1. The van der Waals surface area contributed by atoms with Crippen molar-refractivity contribution in [2.24, 2.45) is 0 Å². The third-order valence-electron chi connectivity index (χ3n) is 4.15. The first-order valence-electron chi connectivity index (χ1n) is 7.54. The van der Waals surface area contributed by atoms with Gasteiger partial charge in [0.2, 0.25) is 0 Å². The van der Waals surface area contributed by atoms with Crippen molar-refractivity contribution in [1.82, 2.24) is 4.90 Å². The van der Waals surface area contributed by atoms with E-state index in [1.165, 1.54) is 12.0 Å². The molecule has 0 fully saturated rings. The summed E-state index contributed by atoms with van der Waals surface area (Å²) in [4.78, 5) is 25.6. The Morgan fingerprint density at radius 3 is 2.42 bits per heavy atom. The molecule has 3 rings (SSSR count). The fraction of sp³-hybridized carbons (Fsp3) is 0.158. The Bertz CT molecular complexity index is 785. The van der Waals surface area contributed by atoms with Gasteiger partial charge in [-0.05, 0) is 22.8 Å². The minimum absolute atomic E-state index is 0.590. The van der Waals surface area contributed by atoms with Crippen LogP contribution in [0.15, 0.2) is 60.8 Å². The van der Waals surface area contributed by atoms with E-state index in [0.29, 0.717) is 5.56 Å². The number of amides is 1. The van der Waals surface area contributed by atoms with Crippen molar-refractivity contribution in [3.8, 4) is 0 Å². The predicted octanol–water partition coefficient (Wildman–Crippen LogP) is 3.65. The highest BCUT2D eigenvalue weighted by Crippen LogP contribution is 2.41. The highest BCUT2D eigenvalue weighted by Gasteiger charge is 2.39. The largest absolute Gasteiger partial charge is 0.481 e. The van der Waals surface area contributed by atoms with Crippen molar-refractivity contribution >= 4 is 18.1 Å². The van der Waals surface area contributed by atoms with Gasteiger partial charge in [0.15, 0.2) is 0 Å². The Morgan fingerprint density at radius 2 is 1.75 bits per heavy atom. The molecule has 0 saturated carbocycles. The van der Waals surface area contributed by atoms with Gasteiger partial charge in [-0.15, -0.1) is 0 Å². The minimum Gasteiger partial charge on any atom is -0.481 e. The highest BCUT2D eigenvalue weighted by molar-refractivity contribution is 5.81. The van der Waals surface area contributed by atoms with Crippen LogP contribution in [0, 0.1) is 0 Å². The minimum atomic E-state index is -0.995. The number of fused-ring (bicyclic) bond motifs is 1. The van der Waals surface area contributed by atoms with E-state index in [-0.39, 0.29) is 0 Å². The topological polar surface area (TPSA) is 66.8 Å². The molecule has 1 N–H and O–H groups in total. The van der Waals surface area contributed by atoms with Crippen molar-refractivity contribution in [1.29, 1.82) is 0 Å². The molecule has 0 aliphatic carbocycles. The van der Waals surface area contributed by atoms with Crippen LogP contribution in [-0.2, 0) is 9.53 Å². The number of hydrogen-bond acceptors (Lipinski definition) is 3. The number of methoxy groups -OCH3 is 1. The van der Waals surface area contributed by atoms with E-state index in [0.717, 1.165) is 11.1 Å². The van der Waals surface area contributed by atoms with Gasteiger partial charge in [-0.2, -0.15) is 0 Å². The van der Waals surface area contributed by atoms with Gasteiger partial charge >= 0.3 is 12.1 Å². The molecule has 0 saturated heterocycles. The first-order chi connectivity index (χ1) is 11.6. The van der Waals surface area contributed by atoms with Crippen LogP contribution < -0.4 is 0 Å². The van der Waals surface area contributed by atoms with Crippen LogP contribution in [0.5, 0.6) is 0 Å². The maximum atomic E-state index is 12.2. The number of benzene rings is 2. The van der Waals surface area contributed by atoms with Crippen LogP contribution in [-0.4, -0.2) is 29.2 Å². The number of rotatable bonds is 3. The first-order valence-corrected chi connectivity index (χ1v) is 7.54. The molecule has 1 amide bonds. The lowest BCUT2D eigenvalue weighted by molar-refractivity contribution is -0.140. The predicted molar refractivity (Wildman–Crippen MR) is 89.3 cm³/mol. The van der Waals surface area contributed by atoms with E-state index in [1.807, 2.05) is 30.3 Å². The highest BCUT2D eigenvalue weighted by atomic mass is 16.5. The maximum Gasteiger partial charge on any atom is 0.414 e. The molecule has 0 unspecified atom stereocenters. The van der Waals surface area contributed by atoms with Gasteiger partial charge < -0.3 is 9.84 Å². The summed E-state index contributed by atoms with van der Waals surface area (Å²) in [7, 11) is 1.28. The summed E-state index contributed by atoms with van der Waals surface area (Å²) in [6.07, 6.45) is 2.78. The number of carbonyl (C=O) groups excluding carboxylic acids is 1. The van der Waals surface area contributed by atoms with Gasteiger partial charge in [0.1, 0.15) is 5.92 Å². The first kappa shape index (κ1) is 15.8. The molecule has 0 spiro atoms. The van der Waals surface area contributed by atoms with E-state index in [9.17, 15) is 14.7 Å². The van der Waals surface area contributed by atoms with Crippen LogP contribution in [0.2, 0.25) is 0 Å². The van der Waals surface area contributed by atoms with E-state index in [2.05, 4.69) is 0 Å². The molecule has 1 aliphatic rings. The average molecular weight is 323 g/mol. The van der Waals surface area contributed by atoms with E-state index >= 15 is 0 Å². The summed E-state index contributed by atoms with van der Waals surface area (Å²) in [5.41, 5.74) is 2.31. The third-order valence-corrected chi connectivity index (χ3v) is 4.15. The number of carboxylic acids is 1. The average Bonchev–Trinajstić information content (AvgIpc) is 2.62. The summed E-state index contributed by atoms with van der Waals surface area (Å²) in [6.45, 7) is 0. The molecular formula is C19H17NO4. The number of nitrogens with zero attached hydrogens (tertiary/aromatic N) is 1. The van der Waals surface area contributed by atoms with Crippen LogP contribution >= 0.6 is 0 Å². The Hall–Kier alpha value is -3.08. The molecular weight excluding hydrogens is 306 g/mol. The fourth-order valence-electron chi connectivity index (χ4n) is 3.08. The smallest absolute Gasteiger partial charge is 0.414 e. The molecule has 2 aromatic rings. The number of carbonyl (C=O) groups is 2. The van der Waals surface area contributed by atoms with Gasteiger partial charge in [0.25, 0.3) is 0 Å². The number of hydrogen-bond donors (Lipinski definition) is 1. The molecule has 1 aliphatic heterocycles. The van der Waals surface area contributed by atoms with Crippen molar-refractivity contribution in [3.63, 3.8) is 0 Å². The molecule has 122 valence electrons.